The Labute approximate surface area is 66.0 Å². The highest BCUT2D eigenvalue weighted by Crippen LogP contribution is 2.21. The topological polar surface area (TPSA) is 35.5 Å². The number of carbonyl (C=O) groups is 1. The number of cyclic esters (lactones) is 1. The zero-order valence-electron chi connectivity index (χ0n) is 6.79. The summed E-state index contributed by atoms with van der Waals surface area (Å²) in [6, 6.07) is 0. The maximum Gasteiger partial charge on any atom is 0.336 e. The third-order valence-electron chi connectivity index (χ3n) is 1.67. The summed E-state index contributed by atoms with van der Waals surface area (Å²) in [6.07, 6.45) is -0.428. The molecule has 1 fully saturated rings. The minimum absolute atomic E-state index is 0.185. The Balaban J connectivity index is 2.64. The Hall–Kier alpha value is -0.830. The van der Waals surface area contributed by atoms with E-state index in [0.29, 0.717) is 12.2 Å². The Morgan fingerprint density at radius 3 is 2.73 bits per heavy atom. The monoisotopic (exact) mass is 156 g/mol. The van der Waals surface area contributed by atoms with Crippen LogP contribution in [0.1, 0.15) is 13.8 Å². The van der Waals surface area contributed by atoms with Gasteiger partial charge in [-0.3, -0.25) is 0 Å². The van der Waals surface area contributed by atoms with Crippen LogP contribution in [0.25, 0.3) is 0 Å². The number of carbonyl (C=O) groups excluding carboxylic acids is 1. The average Bonchev–Trinajstić information content (AvgIpc) is 2.17. The Bertz CT molecular complexity index is 186. The third kappa shape index (κ3) is 1.43. The molecule has 3 nitrogen and oxygen atoms in total. The summed E-state index contributed by atoms with van der Waals surface area (Å²) in [6.45, 7) is 7.84. The SMILES string of the molecule is C=C1C(=O)OC(C)C1OCC. The van der Waals surface area contributed by atoms with Crippen LogP contribution in [0.3, 0.4) is 0 Å². The normalized spacial score (nSPS) is 30.7. The number of ether oxygens (including phenoxy) is 2. The molecule has 0 aromatic heterocycles. The lowest BCUT2D eigenvalue weighted by atomic mass is 10.1. The molecule has 0 N–H and O–H groups in total. The van der Waals surface area contributed by atoms with Crippen molar-refractivity contribution in [1.82, 2.24) is 0 Å². The van der Waals surface area contributed by atoms with Crippen LogP contribution >= 0.6 is 0 Å². The Kier molecular flexibility index (Phi) is 2.29. The molecule has 2 atom stereocenters. The van der Waals surface area contributed by atoms with Crippen molar-refractivity contribution in [2.24, 2.45) is 0 Å². The van der Waals surface area contributed by atoms with Gasteiger partial charge in [0.2, 0.25) is 0 Å². The summed E-state index contributed by atoms with van der Waals surface area (Å²) in [5.41, 5.74) is 0.430. The highest BCUT2D eigenvalue weighted by Gasteiger charge is 2.35. The van der Waals surface area contributed by atoms with E-state index in [0.717, 1.165) is 0 Å². The molecule has 0 amide bonds. The summed E-state index contributed by atoms with van der Waals surface area (Å²) >= 11 is 0. The molecule has 0 spiro atoms. The van der Waals surface area contributed by atoms with E-state index in [2.05, 4.69) is 6.58 Å². The summed E-state index contributed by atoms with van der Waals surface area (Å²) in [5, 5.41) is 0. The van der Waals surface area contributed by atoms with Crippen molar-refractivity contribution in [1.29, 1.82) is 0 Å². The van der Waals surface area contributed by atoms with Gasteiger partial charge >= 0.3 is 5.97 Å². The van der Waals surface area contributed by atoms with E-state index in [4.69, 9.17) is 9.47 Å². The number of rotatable bonds is 2. The van der Waals surface area contributed by atoms with Crippen LogP contribution in [0.15, 0.2) is 12.2 Å². The molecule has 0 aromatic rings. The zero-order chi connectivity index (χ0) is 8.43. The van der Waals surface area contributed by atoms with Crippen molar-refractivity contribution in [2.75, 3.05) is 6.61 Å². The first kappa shape index (κ1) is 8.27. The minimum Gasteiger partial charge on any atom is -0.456 e. The lowest BCUT2D eigenvalue weighted by Gasteiger charge is -2.12. The highest BCUT2D eigenvalue weighted by molar-refractivity contribution is 5.91. The molecule has 11 heavy (non-hydrogen) atoms. The first-order valence-electron chi connectivity index (χ1n) is 3.68. The lowest BCUT2D eigenvalue weighted by molar-refractivity contribution is -0.139. The molecule has 1 heterocycles. The van der Waals surface area contributed by atoms with Gasteiger partial charge in [-0.1, -0.05) is 6.58 Å². The predicted molar refractivity (Wildman–Crippen MR) is 40.1 cm³/mol. The van der Waals surface area contributed by atoms with Crippen LogP contribution in [-0.4, -0.2) is 24.8 Å². The van der Waals surface area contributed by atoms with Crippen molar-refractivity contribution in [3.63, 3.8) is 0 Å². The minimum atomic E-state index is -0.337. The second-order valence-corrected chi connectivity index (χ2v) is 2.51. The van der Waals surface area contributed by atoms with Gasteiger partial charge < -0.3 is 9.47 Å². The smallest absolute Gasteiger partial charge is 0.336 e. The van der Waals surface area contributed by atoms with E-state index in [1.54, 1.807) is 6.92 Å². The molecule has 2 unspecified atom stereocenters. The molecule has 1 aliphatic rings. The van der Waals surface area contributed by atoms with Gasteiger partial charge in [0.05, 0.1) is 5.57 Å². The molecule has 1 rings (SSSR count). The largest absolute Gasteiger partial charge is 0.456 e. The van der Waals surface area contributed by atoms with Gasteiger partial charge in [-0.15, -0.1) is 0 Å². The van der Waals surface area contributed by atoms with Gasteiger partial charge in [-0.05, 0) is 13.8 Å². The van der Waals surface area contributed by atoms with Crippen LogP contribution in [-0.2, 0) is 14.3 Å². The molecule has 3 heteroatoms. The van der Waals surface area contributed by atoms with Gasteiger partial charge in [0.1, 0.15) is 12.2 Å². The van der Waals surface area contributed by atoms with E-state index >= 15 is 0 Å². The summed E-state index contributed by atoms with van der Waals surface area (Å²) in [7, 11) is 0. The van der Waals surface area contributed by atoms with E-state index in [1.165, 1.54) is 0 Å². The summed E-state index contributed by atoms with van der Waals surface area (Å²) in [5.74, 6) is -0.337. The van der Waals surface area contributed by atoms with Gasteiger partial charge in [-0.25, -0.2) is 4.79 Å². The van der Waals surface area contributed by atoms with E-state index in [1.807, 2.05) is 6.92 Å². The van der Waals surface area contributed by atoms with E-state index in [-0.39, 0.29) is 18.2 Å². The summed E-state index contributed by atoms with van der Waals surface area (Å²) in [4.78, 5) is 10.9. The molecule has 0 radical (unpaired) electrons. The molecule has 0 bridgehead atoms. The van der Waals surface area contributed by atoms with Crippen LogP contribution in [0.2, 0.25) is 0 Å². The maximum atomic E-state index is 10.9. The van der Waals surface area contributed by atoms with E-state index < -0.39 is 0 Å². The van der Waals surface area contributed by atoms with Crippen LogP contribution in [0.5, 0.6) is 0 Å². The van der Waals surface area contributed by atoms with Crippen molar-refractivity contribution >= 4 is 5.97 Å². The fraction of sp³-hybridized carbons (Fsp3) is 0.625. The molecule has 0 aliphatic carbocycles. The summed E-state index contributed by atoms with van der Waals surface area (Å²) < 4.78 is 10.1. The quantitative estimate of drug-likeness (QED) is 0.440. The van der Waals surface area contributed by atoms with Crippen molar-refractivity contribution < 1.29 is 14.3 Å². The second kappa shape index (κ2) is 3.05. The van der Waals surface area contributed by atoms with Gasteiger partial charge in [-0.2, -0.15) is 0 Å². The van der Waals surface area contributed by atoms with Gasteiger partial charge in [0.25, 0.3) is 0 Å². The number of esters is 1. The molecular weight excluding hydrogens is 144 g/mol. The highest BCUT2D eigenvalue weighted by atomic mass is 16.6. The molecule has 62 valence electrons. The molecule has 1 saturated heterocycles. The first-order chi connectivity index (χ1) is 5.16. The number of hydrogen-bond acceptors (Lipinski definition) is 3. The molecular formula is C8H12O3. The Morgan fingerprint density at radius 1 is 1.73 bits per heavy atom. The zero-order valence-corrected chi connectivity index (χ0v) is 6.79. The van der Waals surface area contributed by atoms with E-state index in [9.17, 15) is 4.79 Å². The third-order valence-corrected chi connectivity index (χ3v) is 1.67. The average molecular weight is 156 g/mol. The second-order valence-electron chi connectivity index (χ2n) is 2.51. The fourth-order valence-electron chi connectivity index (χ4n) is 1.12. The van der Waals surface area contributed by atoms with Crippen LogP contribution in [0.4, 0.5) is 0 Å². The predicted octanol–water partition coefficient (Wildman–Crippen LogP) is 0.893. The van der Waals surface area contributed by atoms with Crippen molar-refractivity contribution in [2.45, 2.75) is 26.1 Å². The maximum absolute atomic E-state index is 10.9. The van der Waals surface area contributed by atoms with Crippen LogP contribution in [0, 0.1) is 0 Å². The van der Waals surface area contributed by atoms with Gasteiger partial charge in [0.15, 0.2) is 0 Å². The van der Waals surface area contributed by atoms with Gasteiger partial charge in [0, 0.05) is 6.61 Å². The fourth-order valence-corrected chi connectivity index (χ4v) is 1.12. The van der Waals surface area contributed by atoms with Crippen molar-refractivity contribution in [3.8, 4) is 0 Å². The molecule has 0 aromatic carbocycles. The van der Waals surface area contributed by atoms with Crippen molar-refractivity contribution in [3.05, 3.63) is 12.2 Å². The number of hydrogen-bond donors (Lipinski definition) is 0. The lowest BCUT2D eigenvalue weighted by Crippen LogP contribution is -2.22. The first-order valence-corrected chi connectivity index (χ1v) is 3.68. The van der Waals surface area contributed by atoms with Crippen LogP contribution < -0.4 is 0 Å². The molecule has 0 saturated carbocycles. The molecule has 1 aliphatic heterocycles. The standard InChI is InChI=1S/C8H12O3/c1-4-10-7-5(2)8(9)11-6(7)3/h6-7H,2,4H2,1,3H3. The Morgan fingerprint density at radius 2 is 2.36 bits per heavy atom.